The van der Waals surface area contributed by atoms with Crippen molar-refractivity contribution in [2.24, 2.45) is 0 Å². The van der Waals surface area contributed by atoms with Gasteiger partial charge in [0.1, 0.15) is 30.0 Å². The number of amides is 2. The van der Waals surface area contributed by atoms with Gasteiger partial charge in [0.15, 0.2) is 0 Å². The van der Waals surface area contributed by atoms with Crippen molar-refractivity contribution in [3.8, 4) is 0 Å². The highest BCUT2D eigenvalue weighted by Gasteiger charge is 2.44. The van der Waals surface area contributed by atoms with E-state index in [9.17, 15) is 29.7 Å². The monoisotopic (exact) mass is 420 g/mol. The van der Waals surface area contributed by atoms with Gasteiger partial charge in [-0.1, -0.05) is 0 Å². The van der Waals surface area contributed by atoms with Crippen molar-refractivity contribution in [2.45, 2.75) is 82.6 Å². The summed E-state index contributed by atoms with van der Waals surface area (Å²) in [6.07, 6.45) is -5.35. The summed E-state index contributed by atoms with van der Waals surface area (Å²) in [7, 11) is 1.17. The van der Waals surface area contributed by atoms with E-state index in [0.29, 0.717) is 0 Å². The minimum absolute atomic E-state index is 0.0353. The van der Waals surface area contributed by atoms with Crippen LogP contribution in [0.4, 0.5) is 4.79 Å². The van der Waals surface area contributed by atoms with Crippen LogP contribution >= 0.6 is 0 Å². The number of carbonyl (C=O) groups excluding carboxylic acids is 3. The molecule has 0 aliphatic carbocycles. The number of hydrogen-bond donors (Lipinski definition) is 5. The highest BCUT2D eigenvalue weighted by Crippen LogP contribution is 2.25. The van der Waals surface area contributed by atoms with Crippen molar-refractivity contribution in [2.75, 3.05) is 13.7 Å². The van der Waals surface area contributed by atoms with Crippen molar-refractivity contribution < 1.29 is 43.9 Å². The summed E-state index contributed by atoms with van der Waals surface area (Å²) < 4.78 is 15.5. The molecule has 2 amide bonds. The van der Waals surface area contributed by atoms with Gasteiger partial charge >= 0.3 is 12.1 Å². The number of carbonyl (C=O) groups is 3. The van der Waals surface area contributed by atoms with E-state index in [1.165, 1.54) is 14.0 Å². The standard InChI is InChI=1S/C18H32N2O9/c1-9(22)19-13-11(28-12(8-21)14(23)15(13)24)7-6-10(16(25)27-5)20-17(26)29-18(2,3)4/h10-15,21,23-24H,6-8H2,1-5H3,(H,19,22)(H,20,26)/t10-,11-,12+,13-,14+,15+/m0/s1. The van der Waals surface area contributed by atoms with E-state index in [4.69, 9.17) is 14.2 Å². The van der Waals surface area contributed by atoms with Gasteiger partial charge in [-0.25, -0.2) is 9.59 Å². The van der Waals surface area contributed by atoms with Crippen molar-refractivity contribution >= 4 is 18.0 Å². The van der Waals surface area contributed by atoms with Crippen molar-refractivity contribution in [1.82, 2.24) is 10.6 Å². The van der Waals surface area contributed by atoms with Crippen LogP contribution in [-0.4, -0.2) is 89.1 Å². The van der Waals surface area contributed by atoms with Crippen molar-refractivity contribution in [3.63, 3.8) is 0 Å². The molecule has 0 bridgehead atoms. The normalized spacial score (nSPS) is 28.2. The Kier molecular flexibility index (Phi) is 9.27. The minimum Gasteiger partial charge on any atom is -0.467 e. The Morgan fingerprint density at radius 3 is 2.24 bits per heavy atom. The van der Waals surface area contributed by atoms with Gasteiger partial charge in [-0.2, -0.15) is 0 Å². The highest BCUT2D eigenvalue weighted by atomic mass is 16.6. The Bertz CT molecular complexity index is 578. The van der Waals surface area contributed by atoms with Crippen molar-refractivity contribution in [3.05, 3.63) is 0 Å². The Morgan fingerprint density at radius 2 is 1.76 bits per heavy atom. The summed E-state index contributed by atoms with van der Waals surface area (Å²) in [4.78, 5) is 35.5. The molecular weight excluding hydrogens is 388 g/mol. The van der Waals surface area contributed by atoms with Crippen LogP contribution in [0.3, 0.4) is 0 Å². The fourth-order valence-electron chi connectivity index (χ4n) is 3.03. The first kappa shape index (κ1) is 25.1. The van der Waals surface area contributed by atoms with Crippen molar-refractivity contribution in [1.29, 1.82) is 0 Å². The zero-order valence-corrected chi connectivity index (χ0v) is 17.4. The van der Waals surface area contributed by atoms with Gasteiger partial charge in [0.2, 0.25) is 5.91 Å². The molecule has 29 heavy (non-hydrogen) atoms. The Labute approximate surface area is 169 Å². The molecule has 168 valence electrons. The molecule has 1 aliphatic heterocycles. The zero-order chi connectivity index (χ0) is 22.4. The van der Waals surface area contributed by atoms with Gasteiger partial charge in [-0.15, -0.1) is 0 Å². The fourth-order valence-corrected chi connectivity index (χ4v) is 3.03. The molecule has 0 saturated carbocycles. The van der Waals surface area contributed by atoms with E-state index in [1.54, 1.807) is 20.8 Å². The number of rotatable bonds is 7. The maximum absolute atomic E-state index is 12.0. The van der Waals surface area contributed by atoms with E-state index in [-0.39, 0.29) is 12.8 Å². The molecule has 1 fully saturated rings. The third-order valence-corrected chi connectivity index (χ3v) is 4.32. The molecule has 6 atom stereocenters. The highest BCUT2D eigenvalue weighted by molar-refractivity contribution is 5.81. The van der Waals surface area contributed by atoms with Gasteiger partial charge in [-0.05, 0) is 33.6 Å². The molecule has 0 aromatic rings. The van der Waals surface area contributed by atoms with Crippen LogP contribution in [-0.2, 0) is 23.8 Å². The Hall–Kier alpha value is -1.95. The smallest absolute Gasteiger partial charge is 0.408 e. The van der Waals surface area contributed by atoms with Crippen LogP contribution < -0.4 is 10.6 Å². The number of nitrogens with one attached hydrogen (secondary N) is 2. The third kappa shape index (κ3) is 7.77. The van der Waals surface area contributed by atoms with E-state index in [2.05, 4.69) is 10.6 Å². The predicted molar refractivity (Wildman–Crippen MR) is 99.8 cm³/mol. The second-order valence-corrected chi connectivity index (χ2v) is 7.90. The molecule has 5 N–H and O–H groups in total. The van der Waals surface area contributed by atoms with Gasteiger partial charge in [0, 0.05) is 6.92 Å². The summed E-state index contributed by atoms with van der Waals surface area (Å²) >= 11 is 0. The largest absolute Gasteiger partial charge is 0.467 e. The summed E-state index contributed by atoms with van der Waals surface area (Å²) in [5.41, 5.74) is -0.762. The Morgan fingerprint density at radius 1 is 1.14 bits per heavy atom. The van der Waals surface area contributed by atoms with E-state index >= 15 is 0 Å². The second-order valence-electron chi connectivity index (χ2n) is 7.90. The molecule has 1 aliphatic rings. The minimum atomic E-state index is -1.40. The van der Waals surface area contributed by atoms with Gasteiger partial charge in [0.05, 0.1) is 25.9 Å². The van der Waals surface area contributed by atoms with Crippen LogP contribution in [0.5, 0.6) is 0 Å². The number of esters is 1. The molecule has 11 nitrogen and oxygen atoms in total. The first-order valence-electron chi connectivity index (χ1n) is 9.36. The quantitative estimate of drug-likeness (QED) is 0.319. The number of ether oxygens (including phenoxy) is 3. The first-order valence-corrected chi connectivity index (χ1v) is 9.36. The molecule has 0 aromatic carbocycles. The topological polar surface area (TPSA) is 164 Å². The summed E-state index contributed by atoms with van der Waals surface area (Å²) in [5, 5.41) is 34.7. The number of alkyl carbamates (subject to hydrolysis) is 1. The maximum Gasteiger partial charge on any atom is 0.408 e. The Balaban J connectivity index is 2.88. The zero-order valence-electron chi connectivity index (χ0n) is 17.4. The maximum atomic E-state index is 12.0. The van der Waals surface area contributed by atoms with E-state index in [0.717, 1.165) is 0 Å². The van der Waals surface area contributed by atoms with E-state index < -0.39 is 66.7 Å². The average molecular weight is 420 g/mol. The average Bonchev–Trinajstić information content (AvgIpc) is 2.61. The van der Waals surface area contributed by atoms with Gasteiger partial charge in [-0.3, -0.25) is 4.79 Å². The number of methoxy groups -OCH3 is 1. The molecule has 1 rings (SSSR count). The molecule has 0 spiro atoms. The molecular formula is C18H32N2O9. The number of hydrogen-bond acceptors (Lipinski definition) is 9. The second kappa shape index (κ2) is 10.7. The van der Waals surface area contributed by atoms with Gasteiger partial charge < -0.3 is 40.2 Å². The molecule has 0 radical (unpaired) electrons. The SMILES string of the molecule is COC(=O)[C@H](CC[C@@H]1O[C@H](CO)[C@@H](O)[C@H](O)[C@H]1NC(C)=O)NC(=O)OC(C)(C)C. The lowest BCUT2D eigenvalue weighted by Gasteiger charge is -2.43. The lowest BCUT2D eigenvalue weighted by Crippen LogP contribution is -2.64. The molecule has 0 aromatic heterocycles. The molecule has 11 heteroatoms. The van der Waals surface area contributed by atoms with Crippen LogP contribution in [0.1, 0.15) is 40.5 Å². The fraction of sp³-hybridized carbons (Fsp3) is 0.833. The molecule has 1 heterocycles. The third-order valence-electron chi connectivity index (χ3n) is 4.32. The number of aliphatic hydroxyl groups excluding tert-OH is 3. The van der Waals surface area contributed by atoms with Crippen LogP contribution in [0.15, 0.2) is 0 Å². The van der Waals surface area contributed by atoms with Crippen LogP contribution in [0.25, 0.3) is 0 Å². The lowest BCUT2D eigenvalue weighted by molar-refractivity contribution is -0.197. The predicted octanol–water partition coefficient (Wildman–Crippen LogP) is -1.18. The van der Waals surface area contributed by atoms with Gasteiger partial charge in [0.25, 0.3) is 0 Å². The summed E-state index contributed by atoms with van der Waals surface area (Å²) in [6.45, 7) is 5.73. The summed E-state index contributed by atoms with van der Waals surface area (Å²) in [5.74, 6) is -1.16. The number of aliphatic hydroxyl groups is 3. The summed E-state index contributed by atoms with van der Waals surface area (Å²) in [6, 6.07) is -2.03. The van der Waals surface area contributed by atoms with Crippen LogP contribution in [0.2, 0.25) is 0 Å². The lowest BCUT2D eigenvalue weighted by atomic mass is 9.89. The van der Waals surface area contributed by atoms with E-state index in [1.807, 2.05) is 0 Å². The van der Waals surface area contributed by atoms with Crippen LogP contribution in [0, 0.1) is 0 Å². The first-order chi connectivity index (χ1) is 13.4. The molecule has 1 saturated heterocycles. The molecule has 0 unspecified atom stereocenters.